The summed E-state index contributed by atoms with van der Waals surface area (Å²) in [6.45, 7) is 1.93. The normalized spacial score (nSPS) is 10.3. The SMILES string of the molecule is COc1ccc(Nc2cnnc(Nc3cccc(Cl)c3C)n2)cc1. The van der Waals surface area contributed by atoms with Gasteiger partial charge in [0.15, 0.2) is 5.82 Å². The average Bonchev–Trinajstić information content (AvgIpc) is 2.60. The Labute approximate surface area is 144 Å². The predicted molar refractivity (Wildman–Crippen MR) is 95.6 cm³/mol. The number of benzene rings is 2. The summed E-state index contributed by atoms with van der Waals surface area (Å²) < 4.78 is 5.14. The Kier molecular flexibility index (Phi) is 4.77. The number of rotatable bonds is 5. The first-order valence-electron chi connectivity index (χ1n) is 7.28. The molecule has 0 radical (unpaired) electrons. The third-order valence-electron chi connectivity index (χ3n) is 3.44. The molecule has 0 aliphatic carbocycles. The molecule has 0 spiro atoms. The molecule has 0 aliphatic rings. The molecule has 7 heteroatoms. The van der Waals surface area contributed by atoms with E-state index in [1.54, 1.807) is 13.3 Å². The van der Waals surface area contributed by atoms with Crippen LogP contribution < -0.4 is 15.4 Å². The highest BCUT2D eigenvalue weighted by atomic mass is 35.5. The van der Waals surface area contributed by atoms with Crippen molar-refractivity contribution in [3.63, 3.8) is 0 Å². The van der Waals surface area contributed by atoms with Crippen LogP contribution in [0.3, 0.4) is 0 Å². The summed E-state index contributed by atoms with van der Waals surface area (Å²) in [5, 5.41) is 14.9. The third kappa shape index (κ3) is 3.72. The molecule has 24 heavy (non-hydrogen) atoms. The predicted octanol–water partition coefficient (Wildman–Crippen LogP) is 4.33. The number of methoxy groups -OCH3 is 1. The summed E-state index contributed by atoms with van der Waals surface area (Å²) in [7, 11) is 1.63. The van der Waals surface area contributed by atoms with Gasteiger partial charge in [-0.1, -0.05) is 17.7 Å². The van der Waals surface area contributed by atoms with Crippen molar-refractivity contribution in [3.05, 3.63) is 59.2 Å². The standard InChI is InChI=1S/C17H16ClN5O/c1-11-14(18)4-3-5-15(11)21-17-22-16(10-19-23-17)20-12-6-8-13(24-2)9-7-12/h3-10H,1-2H3,(H2,20,21,22,23). The molecule has 0 fully saturated rings. The second-order valence-electron chi connectivity index (χ2n) is 5.06. The molecular weight excluding hydrogens is 326 g/mol. The minimum atomic E-state index is 0.388. The summed E-state index contributed by atoms with van der Waals surface area (Å²) in [6.07, 6.45) is 1.56. The second kappa shape index (κ2) is 7.14. The first kappa shape index (κ1) is 16.0. The molecule has 2 N–H and O–H groups in total. The van der Waals surface area contributed by atoms with E-state index in [0.29, 0.717) is 16.8 Å². The Balaban J connectivity index is 1.77. The van der Waals surface area contributed by atoms with E-state index in [9.17, 15) is 0 Å². The molecule has 0 saturated heterocycles. The number of anilines is 4. The van der Waals surface area contributed by atoms with Crippen molar-refractivity contribution in [3.8, 4) is 5.75 Å². The van der Waals surface area contributed by atoms with Gasteiger partial charge < -0.3 is 15.4 Å². The monoisotopic (exact) mass is 341 g/mol. The number of hydrogen-bond donors (Lipinski definition) is 2. The van der Waals surface area contributed by atoms with E-state index >= 15 is 0 Å². The van der Waals surface area contributed by atoms with Crippen LogP contribution in [-0.2, 0) is 0 Å². The van der Waals surface area contributed by atoms with Crippen LogP contribution in [0.5, 0.6) is 5.75 Å². The first-order valence-corrected chi connectivity index (χ1v) is 7.66. The zero-order chi connectivity index (χ0) is 16.9. The van der Waals surface area contributed by atoms with Gasteiger partial charge in [0.1, 0.15) is 5.75 Å². The van der Waals surface area contributed by atoms with Crippen molar-refractivity contribution < 1.29 is 4.74 Å². The highest BCUT2D eigenvalue weighted by Gasteiger charge is 2.06. The minimum Gasteiger partial charge on any atom is -0.497 e. The van der Waals surface area contributed by atoms with Crippen molar-refractivity contribution in [2.75, 3.05) is 17.7 Å². The van der Waals surface area contributed by atoms with Gasteiger partial charge in [0.05, 0.1) is 13.3 Å². The van der Waals surface area contributed by atoms with E-state index in [-0.39, 0.29) is 0 Å². The smallest absolute Gasteiger partial charge is 0.249 e. The average molecular weight is 342 g/mol. The Bertz CT molecular complexity index is 839. The van der Waals surface area contributed by atoms with Crippen molar-refractivity contribution in [1.29, 1.82) is 0 Å². The quantitative estimate of drug-likeness (QED) is 0.719. The van der Waals surface area contributed by atoms with Crippen molar-refractivity contribution in [1.82, 2.24) is 15.2 Å². The maximum absolute atomic E-state index is 6.12. The minimum absolute atomic E-state index is 0.388. The highest BCUT2D eigenvalue weighted by Crippen LogP contribution is 2.25. The fraction of sp³-hybridized carbons (Fsp3) is 0.118. The van der Waals surface area contributed by atoms with Crippen LogP contribution in [-0.4, -0.2) is 22.3 Å². The molecule has 0 amide bonds. The summed E-state index contributed by atoms with van der Waals surface area (Å²) >= 11 is 6.12. The van der Waals surface area contributed by atoms with Crippen molar-refractivity contribution in [2.45, 2.75) is 6.92 Å². The Hall–Kier alpha value is -2.86. The fourth-order valence-electron chi connectivity index (χ4n) is 2.10. The maximum Gasteiger partial charge on any atom is 0.249 e. The van der Waals surface area contributed by atoms with Gasteiger partial charge in [-0.3, -0.25) is 0 Å². The summed E-state index contributed by atoms with van der Waals surface area (Å²) in [5.41, 5.74) is 2.64. The number of nitrogens with zero attached hydrogens (tertiary/aromatic N) is 3. The number of halogens is 1. The van der Waals surface area contributed by atoms with Crippen molar-refractivity contribution >= 4 is 34.7 Å². The summed E-state index contributed by atoms with van der Waals surface area (Å²) in [6, 6.07) is 13.1. The third-order valence-corrected chi connectivity index (χ3v) is 3.84. The van der Waals surface area contributed by atoms with E-state index in [0.717, 1.165) is 22.7 Å². The Morgan fingerprint density at radius 2 is 1.83 bits per heavy atom. The topological polar surface area (TPSA) is 72.0 Å². The van der Waals surface area contributed by atoms with E-state index in [4.69, 9.17) is 16.3 Å². The summed E-state index contributed by atoms with van der Waals surface area (Å²) in [4.78, 5) is 4.41. The largest absolute Gasteiger partial charge is 0.497 e. The molecule has 0 bridgehead atoms. The molecule has 2 aromatic carbocycles. The zero-order valence-corrected chi connectivity index (χ0v) is 14.0. The lowest BCUT2D eigenvalue weighted by Crippen LogP contribution is -2.03. The molecule has 6 nitrogen and oxygen atoms in total. The number of ether oxygens (including phenoxy) is 1. The van der Waals surface area contributed by atoms with Crippen LogP contribution in [0.25, 0.3) is 0 Å². The lowest BCUT2D eigenvalue weighted by atomic mass is 10.2. The van der Waals surface area contributed by atoms with Gasteiger partial charge in [0.25, 0.3) is 0 Å². The molecule has 0 atom stereocenters. The zero-order valence-electron chi connectivity index (χ0n) is 13.2. The van der Waals surface area contributed by atoms with Gasteiger partial charge >= 0.3 is 0 Å². The number of aromatic nitrogens is 3. The van der Waals surface area contributed by atoms with E-state index in [1.165, 1.54) is 0 Å². The number of hydrogen-bond acceptors (Lipinski definition) is 6. The van der Waals surface area contributed by atoms with Gasteiger partial charge in [0, 0.05) is 16.4 Å². The molecule has 3 aromatic rings. The maximum atomic E-state index is 6.12. The van der Waals surface area contributed by atoms with E-state index < -0.39 is 0 Å². The molecule has 122 valence electrons. The van der Waals surface area contributed by atoms with Crippen LogP contribution in [0.15, 0.2) is 48.7 Å². The molecule has 3 rings (SSSR count). The lowest BCUT2D eigenvalue weighted by Gasteiger charge is -2.10. The van der Waals surface area contributed by atoms with Crippen LogP contribution in [0.1, 0.15) is 5.56 Å². The first-order chi connectivity index (χ1) is 11.7. The van der Waals surface area contributed by atoms with Crippen molar-refractivity contribution in [2.24, 2.45) is 0 Å². The van der Waals surface area contributed by atoms with Crippen LogP contribution in [0.2, 0.25) is 5.02 Å². The van der Waals surface area contributed by atoms with Crippen LogP contribution >= 0.6 is 11.6 Å². The van der Waals surface area contributed by atoms with Gasteiger partial charge in [0.2, 0.25) is 5.95 Å². The van der Waals surface area contributed by atoms with E-state index in [2.05, 4.69) is 25.8 Å². The Morgan fingerprint density at radius 3 is 2.58 bits per heavy atom. The highest BCUT2D eigenvalue weighted by molar-refractivity contribution is 6.31. The van der Waals surface area contributed by atoms with Gasteiger partial charge in [-0.15, -0.1) is 5.10 Å². The van der Waals surface area contributed by atoms with Gasteiger partial charge in [-0.2, -0.15) is 10.1 Å². The van der Waals surface area contributed by atoms with E-state index in [1.807, 2.05) is 49.4 Å². The van der Waals surface area contributed by atoms with Crippen LogP contribution in [0.4, 0.5) is 23.1 Å². The number of nitrogens with one attached hydrogen (secondary N) is 2. The van der Waals surface area contributed by atoms with Gasteiger partial charge in [-0.25, -0.2) is 0 Å². The summed E-state index contributed by atoms with van der Waals surface area (Å²) in [5.74, 6) is 1.76. The molecular formula is C17H16ClN5O. The molecule has 0 saturated carbocycles. The Morgan fingerprint density at radius 1 is 1.04 bits per heavy atom. The second-order valence-corrected chi connectivity index (χ2v) is 5.46. The molecule has 1 heterocycles. The van der Waals surface area contributed by atoms with Gasteiger partial charge in [-0.05, 0) is 48.9 Å². The van der Waals surface area contributed by atoms with Crippen LogP contribution in [0, 0.1) is 6.92 Å². The fourth-order valence-corrected chi connectivity index (χ4v) is 2.28. The molecule has 0 unspecified atom stereocenters. The molecule has 0 aliphatic heterocycles. The lowest BCUT2D eigenvalue weighted by molar-refractivity contribution is 0.415. The molecule has 1 aromatic heterocycles.